The minimum atomic E-state index is -0.521. The van der Waals surface area contributed by atoms with E-state index in [2.05, 4.69) is 10.2 Å². The van der Waals surface area contributed by atoms with Crippen LogP contribution in [0.25, 0.3) is 0 Å². The average molecular weight is 378 g/mol. The van der Waals surface area contributed by atoms with Crippen molar-refractivity contribution in [2.24, 2.45) is 0 Å². The molecule has 0 fully saturated rings. The maximum atomic E-state index is 13.0. The highest BCUT2D eigenvalue weighted by Gasteiger charge is 2.41. The van der Waals surface area contributed by atoms with Crippen molar-refractivity contribution in [3.8, 4) is 0 Å². The molecule has 134 valence electrons. The van der Waals surface area contributed by atoms with E-state index >= 15 is 0 Å². The SMILES string of the molecule is Cc1nnc(Cl)cc1C(Cc1ccccc1)N1C(=O)c2ccccc2C1=O. The Morgan fingerprint density at radius 2 is 1.52 bits per heavy atom. The number of carbonyl (C=O) groups is 2. The Balaban J connectivity index is 1.83. The summed E-state index contributed by atoms with van der Waals surface area (Å²) in [4.78, 5) is 27.4. The lowest BCUT2D eigenvalue weighted by Crippen LogP contribution is -2.36. The molecular weight excluding hydrogens is 362 g/mol. The van der Waals surface area contributed by atoms with Gasteiger partial charge in [0.15, 0.2) is 5.15 Å². The van der Waals surface area contributed by atoms with Gasteiger partial charge in [-0.1, -0.05) is 54.1 Å². The number of benzene rings is 2. The molecule has 27 heavy (non-hydrogen) atoms. The van der Waals surface area contributed by atoms with Crippen molar-refractivity contribution in [3.63, 3.8) is 0 Å². The van der Waals surface area contributed by atoms with Gasteiger partial charge in [0.05, 0.1) is 22.9 Å². The van der Waals surface area contributed by atoms with Gasteiger partial charge in [0.1, 0.15) is 0 Å². The Morgan fingerprint density at radius 1 is 0.926 bits per heavy atom. The average Bonchev–Trinajstić information content (AvgIpc) is 2.94. The van der Waals surface area contributed by atoms with Gasteiger partial charge in [-0.2, -0.15) is 5.10 Å². The third kappa shape index (κ3) is 3.11. The molecule has 2 amide bonds. The highest BCUT2D eigenvalue weighted by Crippen LogP contribution is 2.35. The van der Waals surface area contributed by atoms with Crippen LogP contribution in [-0.2, 0) is 6.42 Å². The number of nitrogens with zero attached hydrogens (tertiary/aromatic N) is 3. The maximum absolute atomic E-state index is 13.0. The molecule has 1 atom stereocenters. The number of carbonyl (C=O) groups excluding carboxylic acids is 2. The van der Waals surface area contributed by atoms with Gasteiger partial charge in [-0.05, 0) is 37.1 Å². The summed E-state index contributed by atoms with van der Waals surface area (Å²) in [6.07, 6.45) is 0.467. The number of fused-ring (bicyclic) bond motifs is 1. The molecule has 0 radical (unpaired) electrons. The molecule has 0 aliphatic carbocycles. The lowest BCUT2D eigenvalue weighted by atomic mass is 9.96. The van der Waals surface area contributed by atoms with Gasteiger partial charge in [0.25, 0.3) is 11.8 Å². The topological polar surface area (TPSA) is 63.2 Å². The molecule has 2 heterocycles. The number of hydrogen-bond donors (Lipinski definition) is 0. The van der Waals surface area contributed by atoms with Gasteiger partial charge in [0.2, 0.25) is 0 Å². The number of amides is 2. The summed E-state index contributed by atoms with van der Waals surface area (Å²) in [5.74, 6) is -0.604. The van der Waals surface area contributed by atoms with Crippen molar-refractivity contribution in [2.75, 3.05) is 0 Å². The molecule has 6 heteroatoms. The van der Waals surface area contributed by atoms with Crippen LogP contribution in [0.3, 0.4) is 0 Å². The summed E-state index contributed by atoms with van der Waals surface area (Å²) in [6, 6.07) is 17.8. The van der Waals surface area contributed by atoms with Gasteiger partial charge >= 0.3 is 0 Å². The first-order valence-corrected chi connectivity index (χ1v) is 8.94. The summed E-state index contributed by atoms with van der Waals surface area (Å²) in [6.45, 7) is 1.80. The molecule has 1 aromatic heterocycles. The third-order valence-corrected chi connectivity index (χ3v) is 4.94. The quantitative estimate of drug-likeness (QED) is 0.644. The molecule has 1 aliphatic rings. The lowest BCUT2D eigenvalue weighted by Gasteiger charge is -2.27. The molecule has 5 nitrogen and oxygen atoms in total. The standard InChI is InChI=1S/C21H16ClN3O2/c1-13-17(12-19(22)24-23-13)18(11-14-7-3-2-4-8-14)25-20(26)15-9-5-6-10-16(15)21(25)27/h2-10,12,18H,11H2,1H3. The maximum Gasteiger partial charge on any atom is 0.262 e. The summed E-state index contributed by atoms with van der Waals surface area (Å²) < 4.78 is 0. The minimum absolute atomic E-state index is 0.227. The van der Waals surface area contributed by atoms with Crippen LogP contribution >= 0.6 is 11.6 Å². The van der Waals surface area contributed by atoms with E-state index in [1.54, 1.807) is 37.3 Å². The number of hydrogen-bond acceptors (Lipinski definition) is 4. The summed E-state index contributed by atoms with van der Waals surface area (Å²) in [7, 11) is 0. The smallest absolute Gasteiger partial charge is 0.262 e. The van der Waals surface area contributed by atoms with E-state index in [0.29, 0.717) is 28.8 Å². The molecule has 0 saturated carbocycles. The van der Waals surface area contributed by atoms with Crippen LogP contribution in [0.15, 0.2) is 60.7 Å². The highest BCUT2D eigenvalue weighted by molar-refractivity contribution is 6.29. The Morgan fingerprint density at radius 3 is 2.15 bits per heavy atom. The number of rotatable bonds is 4. The van der Waals surface area contributed by atoms with Crippen molar-refractivity contribution < 1.29 is 9.59 Å². The summed E-state index contributed by atoms with van der Waals surface area (Å²) in [5.41, 5.74) is 3.20. The molecule has 3 aromatic rings. The fraction of sp³-hybridized carbons (Fsp3) is 0.143. The first kappa shape index (κ1) is 17.4. The molecule has 0 spiro atoms. The van der Waals surface area contributed by atoms with Gasteiger partial charge in [0, 0.05) is 5.56 Å². The highest BCUT2D eigenvalue weighted by atomic mass is 35.5. The van der Waals surface area contributed by atoms with Crippen molar-refractivity contribution in [3.05, 3.63) is 93.8 Å². The van der Waals surface area contributed by atoms with E-state index in [9.17, 15) is 9.59 Å². The number of aromatic nitrogens is 2. The molecule has 1 unspecified atom stereocenters. The molecule has 0 saturated heterocycles. The van der Waals surface area contributed by atoms with E-state index in [1.165, 1.54) is 4.90 Å². The summed E-state index contributed by atoms with van der Waals surface area (Å²) >= 11 is 6.07. The van der Waals surface area contributed by atoms with Crippen LogP contribution < -0.4 is 0 Å². The van der Waals surface area contributed by atoms with Crippen LogP contribution in [0.4, 0.5) is 0 Å². The van der Waals surface area contributed by atoms with E-state index in [4.69, 9.17) is 11.6 Å². The molecule has 1 aliphatic heterocycles. The van der Waals surface area contributed by atoms with E-state index in [1.807, 2.05) is 30.3 Å². The van der Waals surface area contributed by atoms with E-state index in [-0.39, 0.29) is 17.0 Å². The first-order chi connectivity index (χ1) is 13.1. The Bertz CT molecular complexity index is 1000. The van der Waals surface area contributed by atoms with E-state index in [0.717, 1.165) is 5.56 Å². The Hall–Kier alpha value is -3.05. The van der Waals surface area contributed by atoms with E-state index < -0.39 is 6.04 Å². The van der Waals surface area contributed by atoms with Crippen LogP contribution in [0.2, 0.25) is 5.15 Å². The summed E-state index contributed by atoms with van der Waals surface area (Å²) in [5, 5.41) is 8.17. The zero-order valence-electron chi connectivity index (χ0n) is 14.6. The fourth-order valence-corrected chi connectivity index (χ4v) is 3.60. The number of imide groups is 1. The van der Waals surface area contributed by atoms with Crippen molar-refractivity contribution >= 4 is 23.4 Å². The third-order valence-electron chi connectivity index (χ3n) is 4.76. The van der Waals surface area contributed by atoms with Gasteiger partial charge in [-0.15, -0.1) is 5.10 Å². The molecule has 0 bridgehead atoms. The molecule has 2 aromatic carbocycles. The molecule has 0 N–H and O–H groups in total. The van der Waals surface area contributed by atoms with Gasteiger partial charge < -0.3 is 0 Å². The molecule has 4 rings (SSSR count). The Labute approximate surface area is 161 Å². The van der Waals surface area contributed by atoms with Gasteiger partial charge in [-0.3, -0.25) is 14.5 Å². The van der Waals surface area contributed by atoms with Gasteiger partial charge in [-0.25, -0.2) is 0 Å². The van der Waals surface area contributed by atoms with Crippen LogP contribution in [0.1, 0.15) is 43.6 Å². The fourth-order valence-electron chi connectivity index (χ4n) is 3.45. The lowest BCUT2D eigenvalue weighted by molar-refractivity contribution is 0.0580. The van der Waals surface area contributed by atoms with Crippen LogP contribution in [0, 0.1) is 6.92 Å². The van der Waals surface area contributed by atoms with Crippen LogP contribution in [-0.4, -0.2) is 26.9 Å². The van der Waals surface area contributed by atoms with Crippen molar-refractivity contribution in [1.29, 1.82) is 0 Å². The first-order valence-electron chi connectivity index (χ1n) is 8.57. The monoisotopic (exact) mass is 377 g/mol. The van der Waals surface area contributed by atoms with Crippen molar-refractivity contribution in [1.82, 2.24) is 15.1 Å². The molecular formula is C21H16ClN3O2. The van der Waals surface area contributed by atoms with Crippen LogP contribution in [0.5, 0.6) is 0 Å². The number of halogens is 1. The minimum Gasteiger partial charge on any atom is -0.269 e. The predicted octanol–water partition coefficient (Wildman–Crippen LogP) is 4.02. The zero-order valence-corrected chi connectivity index (χ0v) is 15.3. The zero-order chi connectivity index (χ0) is 19.0. The normalized spacial score (nSPS) is 14.4. The second kappa shape index (κ2) is 6.93. The Kier molecular flexibility index (Phi) is 4.46. The second-order valence-electron chi connectivity index (χ2n) is 6.44. The van der Waals surface area contributed by atoms with Crippen molar-refractivity contribution in [2.45, 2.75) is 19.4 Å². The number of aryl methyl sites for hydroxylation is 1. The predicted molar refractivity (Wildman–Crippen MR) is 102 cm³/mol. The second-order valence-corrected chi connectivity index (χ2v) is 6.83. The largest absolute Gasteiger partial charge is 0.269 e.